The molecule has 3 aromatic carbocycles. The molecule has 184 valence electrons. The Bertz CT molecular complexity index is 1110. The predicted molar refractivity (Wildman–Crippen MR) is 145 cm³/mol. The molecule has 0 aliphatic carbocycles. The first-order chi connectivity index (χ1) is 17.1. The smallest absolute Gasteiger partial charge is 0.193 e. The number of phenolic OH excluding ortho intramolecular Hbond substituents is 1. The maximum absolute atomic E-state index is 13.1. The third-order valence-electron chi connectivity index (χ3n) is 5.63. The number of hydrogen-bond acceptors (Lipinski definition) is 4. The number of phenols is 1. The van der Waals surface area contributed by atoms with Crippen LogP contribution < -0.4 is 9.47 Å². The van der Waals surface area contributed by atoms with Gasteiger partial charge in [-0.25, -0.2) is 0 Å². The van der Waals surface area contributed by atoms with Crippen LogP contribution in [-0.2, 0) is 6.61 Å². The summed E-state index contributed by atoms with van der Waals surface area (Å²) in [5, 5.41) is 10.4. The molecule has 1 N–H and O–H groups in total. The number of carbonyl (C=O) groups excluding carboxylic acids is 1. The summed E-state index contributed by atoms with van der Waals surface area (Å²) in [4.78, 5) is 13.1. The van der Waals surface area contributed by atoms with E-state index >= 15 is 0 Å². The molecule has 0 fully saturated rings. The number of rotatable bonds is 14. The molecule has 0 spiro atoms. The molecule has 3 rings (SSSR count). The number of hydrogen-bond donors (Lipinski definition) is 1. The summed E-state index contributed by atoms with van der Waals surface area (Å²) >= 11 is 3.50. The van der Waals surface area contributed by atoms with E-state index in [0.29, 0.717) is 19.0 Å². The fourth-order valence-electron chi connectivity index (χ4n) is 3.72. The summed E-state index contributed by atoms with van der Waals surface area (Å²) in [5.74, 6) is 0.618. The van der Waals surface area contributed by atoms with Gasteiger partial charge in [0, 0.05) is 10.0 Å². The highest BCUT2D eigenvalue weighted by molar-refractivity contribution is 9.10. The van der Waals surface area contributed by atoms with Crippen molar-refractivity contribution in [2.24, 2.45) is 0 Å². The molecule has 35 heavy (non-hydrogen) atoms. The molecule has 0 heterocycles. The van der Waals surface area contributed by atoms with Crippen molar-refractivity contribution in [1.82, 2.24) is 0 Å². The molecule has 0 bridgehead atoms. The average Bonchev–Trinajstić information content (AvgIpc) is 2.87. The van der Waals surface area contributed by atoms with Gasteiger partial charge in [-0.1, -0.05) is 91.4 Å². The van der Waals surface area contributed by atoms with E-state index in [1.165, 1.54) is 37.8 Å². The van der Waals surface area contributed by atoms with Crippen molar-refractivity contribution in [3.8, 4) is 17.2 Å². The third kappa shape index (κ3) is 8.59. The van der Waals surface area contributed by atoms with Crippen LogP contribution in [0.25, 0.3) is 6.08 Å². The first-order valence-corrected chi connectivity index (χ1v) is 13.0. The summed E-state index contributed by atoms with van der Waals surface area (Å²) < 4.78 is 12.8. The van der Waals surface area contributed by atoms with Crippen LogP contribution in [0.1, 0.15) is 66.9 Å². The molecule has 0 aliphatic heterocycles. The maximum Gasteiger partial charge on any atom is 0.193 e. The molecule has 0 aliphatic rings. The topological polar surface area (TPSA) is 55.8 Å². The molecule has 0 radical (unpaired) electrons. The average molecular weight is 537 g/mol. The number of aromatic hydroxyl groups is 1. The molecule has 0 saturated carbocycles. The van der Waals surface area contributed by atoms with E-state index in [1.807, 2.05) is 48.5 Å². The third-order valence-corrected chi connectivity index (χ3v) is 6.12. The molecule has 4 nitrogen and oxygen atoms in total. The predicted octanol–water partition coefficient (Wildman–Crippen LogP) is 8.37. The second-order valence-corrected chi connectivity index (χ2v) is 9.34. The monoisotopic (exact) mass is 536 g/mol. The van der Waals surface area contributed by atoms with E-state index in [2.05, 4.69) is 22.9 Å². The molecule has 0 aromatic heterocycles. The van der Waals surface area contributed by atoms with Crippen LogP contribution in [0.2, 0.25) is 0 Å². The van der Waals surface area contributed by atoms with E-state index in [4.69, 9.17) is 9.47 Å². The lowest BCUT2D eigenvalue weighted by atomic mass is 10.1. The first kappa shape index (κ1) is 26.6. The van der Waals surface area contributed by atoms with Gasteiger partial charge < -0.3 is 14.6 Å². The van der Waals surface area contributed by atoms with Crippen molar-refractivity contribution in [2.45, 2.75) is 52.1 Å². The fourth-order valence-corrected chi connectivity index (χ4v) is 4.10. The van der Waals surface area contributed by atoms with Crippen molar-refractivity contribution in [3.63, 3.8) is 0 Å². The van der Waals surface area contributed by atoms with E-state index in [9.17, 15) is 9.90 Å². The molecule has 0 saturated heterocycles. The number of ether oxygens (including phenoxy) is 2. The van der Waals surface area contributed by atoms with Crippen molar-refractivity contribution >= 4 is 27.8 Å². The van der Waals surface area contributed by atoms with Crippen LogP contribution in [0.5, 0.6) is 17.2 Å². The van der Waals surface area contributed by atoms with Gasteiger partial charge in [0.1, 0.15) is 29.4 Å². The van der Waals surface area contributed by atoms with Crippen LogP contribution in [0.15, 0.2) is 77.3 Å². The number of ketones is 1. The number of benzene rings is 3. The summed E-state index contributed by atoms with van der Waals surface area (Å²) in [6, 6.07) is 20.3. The van der Waals surface area contributed by atoms with Crippen molar-refractivity contribution in [2.75, 3.05) is 6.61 Å². The number of unbranched alkanes of at least 4 members (excludes halogenated alkanes) is 5. The van der Waals surface area contributed by atoms with Crippen LogP contribution in [-0.4, -0.2) is 17.5 Å². The van der Waals surface area contributed by atoms with Gasteiger partial charge in [0.2, 0.25) is 0 Å². The largest absolute Gasteiger partial charge is 0.507 e. The minimum atomic E-state index is -0.340. The number of allylic oxidation sites excluding steroid dienone is 1. The Hall–Kier alpha value is -3.05. The van der Waals surface area contributed by atoms with Gasteiger partial charge in [-0.2, -0.15) is 0 Å². The first-order valence-electron chi connectivity index (χ1n) is 12.2. The van der Waals surface area contributed by atoms with Gasteiger partial charge in [0.25, 0.3) is 0 Å². The van der Waals surface area contributed by atoms with Gasteiger partial charge in [-0.3, -0.25) is 4.79 Å². The van der Waals surface area contributed by atoms with Gasteiger partial charge >= 0.3 is 0 Å². The molecule has 3 aromatic rings. The fraction of sp³-hybridized carbons (Fsp3) is 0.300. The Morgan fingerprint density at radius 2 is 1.66 bits per heavy atom. The summed E-state index contributed by atoms with van der Waals surface area (Å²) in [5.41, 5.74) is 1.91. The van der Waals surface area contributed by atoms with Gasteiger partial charge in [-0.15, -0.1) is 0 Å². The van der Waals surface area contributed by atoms with E-state index in [-0.39, 0.29) is 17.1 Å². The summed E-state index contributed by atoms with van der Waals surface area (Å²) in [6.07, 6.45) is 10.3. The molecular formula is C30H33BrO4. The van der Waals surface area contributed by atoms with Crippen molar-refractivity contribution < 1.29 is 19.4 Å². The lowest BCUT2D eigenvalue weighted by molar-refractivity contribution is 0.104. The number of halogens is 1. The molecular weight excluding hydrogens is 504 g/mol. The van der Waals surface area contributed by atoms with E-state index in [0.717, 1.165) is 34.2 Å². The van der Waals surface area contributed by atoms with E-state index < -0.39 is 0 Å². The number of carbonyl (C=O) groups is 1. The van der Waals surface area contributed by atoms with Gasteiger partial charge in [0.05, 0.1) is 6.61 Å². The van der Waals surface area contributed by atoms with Gasteiger partial charge in [0.15, 0.2) is 5.78 Å². The minimum absolute atomic E-state index is 0.112. The van der Waals surface area contributed by atoms with E-state index in [1.54, 1.807) is 18.2 Å². The van der Waals surface area contributed by atoms with Crippen molar-refractivity contribution in [3.05, 3.63) is 94.0 Å². The van der Waals surface area contributed by atoms with Crippen LogP contribution in [0.4, 0.5) is 0 Å². The highest BCUT2D eigenvalue weighted by Gasteiger charge is 2.16. The van der Waals surface area contributed by atoms with Crippen LogP contribution >= 0.6 is 15.9 Å². The SMILES string of the molecule is CCCCCCCCOc1ccc(Br)cc1/C=C/C(=O)c1c(O)cccc1OCc1ccccc1. The lowest BCUT2D eigenvalue weighted by Crippen LogP contribution is -2.03. The van der Waals surface area contributed by atoms with Crippen LogP contribution in [0, 0.1) is 0 Å². The maximum atomic E-state index is 13.1. The standard InChI is InChI=1S/C30H33BrO4/c1-2-3-4-5-6-10-20-34-28-19-17-25(31)21-24(28)16-18-27(33)30-26(32)14-11-15-29(30)35-22-23-12-8-7-9-13-23/h7-9,11-19,21,32H,2-6,10,20,22H2,1H3/b18-16+. The second kappa shape index (κ2) is 14.4. The zero-order chi connectivity index (χ0) is 24.9. The zero-order valence-corrected chi connectivity index (χ0v) is 21.8. The van der Waals surface area contributed by atoms with Crippen molar-refractivity contribution in [1.29, 1.82) is 0 Å². The molecule has 0 amide bonds. The highest BCUT2D eigenvalue weighted by atomic mass is 79.9. The zero-order valence-electron chi connectivity index (χ0n) is 20.2. The van der Waals surface area contributed by atoms with Gasteiger partial charge in [-0.05, 0) is 54.5 Å². The summed E-state index contributed by atoms with van der Waals surface area (Å²) in [7, 11) is 0. The Kier molecular flexibility index (Phi) is 10.9. The Labute approximate surface area is 216 Å². The minimum Gasteiger partial charge on any atom is -0.507 e. The molecule has 0 unspecified atom stereocenters. The Morgan fingerprint density at radius 3 is 2.46 bits per heavy atom. The Balaban J connectivity index is 1.67. The Morgan fingerprint density at radius 1 is 0.886 bits per heavy atom. The normalized spacial score (nSPS) is 11.0. The summed E-state index contributed by atoms with van der Waals surface area (Å²) in [6.45, 7) is 3.16. The highest BCUT2D eigenvalue weighted by Crippen LogP contribution is 2.30. The quantitative estimate of drug-likeness (QED) is 0.128. The van der Waals surface area contributed by atoms with Crippen LogP contribution in [0.3, 0.4) is 0 Å². The molecule has 0 atom stereocenters. The second-order valence-electron chi connectivity index (χ2n) is 8.42. The lowest BCUT2D eigenvalue weighted by Gasteiger charge is -2.12. The molecule has 5 heteroatoms.